The highest BCUT2D eigenvalue weighted by molar-refractivity contribution is 5.94. The molecule has 8 heteroatoms. The topological polar surface area (TPSA) is 60.1 Å². The zero-order valence-electron chi connectivity index (χ0n) is 13.0. The van der Waals surface area contributed by atoms with Crippen molar-refractivity contribution in [1.82, 2.24) is 9.55 Å². The minimum atomic E-state index is -4.45. The van der Waals surface area contributed by atoms with E-state index in [2.05, 4.69) is 10.3 Å². The van der Waals surface area contributed by atoms with Crippen molar-refractivity contribution in [2.75, 3.05) is 5.32 Å². The van der Waals surface area contributed by atoms with Gasteiger partial charge < -0.3 is 8.98 Å². The van der Waals surface area contributed by atoms with Gasteiger partial charge in [-0.25, -0.2) is 4.98 Å². The Hall–Kier alpha value is -2.77. The van der Waals surface area contributed by atoms with Gasteiger partial charge in [-0.15, -0.1) is 0 Å². The number of nitrogens with zero attached hydrogens (tertiary/aromatic N) is 2. The molecule has 3 aromatic rings. The SMILES string of the molecule is O=C(Nc1nc2cc(C(F)(F)F)ccc2n1Cc1ccco1)C1CC1. The number of benzene rings is 1. The molecule has 0 spiro atoms. The van der Waals surface area contributed by atoms with Crippen LogP contribution in [0.25, 0.3) is 11.0 Å². The van der Waals surface area contributed by atoms with Crippen molar-refractivity contribution in [3.8, 4) is 0 Å². The fraction of sp³-hybridized carbons (Fsp3) is 0.294. The molecule has 1 saturated carbocycles. The number of carbonyl (C=O) groups is 1. The van der Waals surface area contributed by atoms with E-state index in [4.69, 9.17) is 4.42 Å². The van der Waals surface area contributed by atoms with Crippen molar-refractivity contribution < 1.29 is 22.4 Å². The molecule has 2 aromatic heterocycles. The van der Waals surface area contributed by atoms with E-state index >= 15 is 0 Å². The summed E-state index contributed by atoms with van der Waals surface area (Å²) in [5.41, 5.74) is -0.106. The van der Waals surface area contributed by atoms with Gasteiger partial charge in [0.1, 0.15) is 5.76 Å². The lowest BCUT2D eigenvalue weighted by Crippen LogP contribution is -2.17. The van der Waals surface area contributed by atoms with Crippen LogP contribution in [0.2, 0.25) is 0 Å². The van der Waals surface area contributed by atoms with E-state index in [0.29, 0.717) is 11.3 Å². The largest absolute Gasteiger partial charge is 0.467 e. The average molecular weight is 349 g/mol. The van der Waals surface area contributed by atoms with Gasteiger partial charge >= 0.3 is 6.18 Å². The zero-order chi connectivity index (χ0) is 17.6. The Morgan fingerprint density at radius 1 is 1.32 bits per heavy atom. The van der Waals surface area contributed by atoms with Crippen molar-refractivity contribution in [1.29, 1.82) is 0 Å². The van der Waals surface area contributed by atoms with Crippen LogP contribution in [0.4, 0.5) is 19.1 Å². The Morgan fingerprint density at radius 3 is 2.76 bits per heavy atom. The number of carbonyl (C=O) groups excluding carboxylic acids is 1. The lowest BCUT2D eigenvalue weighted by atomic mass is 10.2. The number of hydrogen-bond acceptors (Lipinski definition) is 3. The van der Waals surface area contributed by atoms with Gasteiger partial charge in [-0.1, -0.05) is 0 Å². The molecule has 2 heterocycles. The van der Waals surface area contributed by atoms with Crippen molar-refractivity contribution in [3.05, 3.63) is 47.9 Å². The summed E-state index contributed by atoms with van der Waals surface area (Å²) in [6.45, 7) is 0.259. The van der Waals surface area contributed by atoms with Gasteiger partial charge in [-0.05, 0) is 43.2 Å². The van der Waals surface area contributed by atoms with Gasteiger partial charge in [0, 0.05) is 5.92 Å². The predicted molar refractivity (Wildman–Crippen MR) is 83.9 cm³/mol. The molecule has 1 fully saturated rings. The molecule has 0 unspecified atom stereocenters. The third-order valence-electron chi connectivity index (χ3n) is 4.15. The first-order valence-corrected chi connectivity index (χ1v) is 7.82. The van der Waals surface area contributed by atoms with E-state index in [1.54, 1.807) is 16.7 Å². The molecule has 1 amide bonds. The fourth-order valence-corrected chi connectivity index (χ4v) is 2.68. The first kappa shape index (κ1) is 15.7. The van der Waals surface area contributed by atoms with Crippen LogP contribution < -0.4 is 5.32 Å². The van der Waals surface area contributed by atoms with Crippen molar-refractivity contribution >= 4 is 22.9 Å². The zero-order valence-corrected chi connectivity index (χ0v) is 13.0. The number of furan rings is 1. The predicted octanol–water partition coefficient (Wildman–Crippen LogP) is 4.04. The van der Waals surface area contributed by atoms with Crippen molar-refractivity contribution in [3.63, 3.8) is 0 Å². The van der Waals surface area contributed by atoms with Crippen LogP contribution in [-0.2, 0) is 17.5 Å². The number of rotatable bonds is 4. The van der Waals surface area contributed by atoms with Gasteiger partial charge in [0.05, 0.1) is 29.4 Å². The molecule has 25 heavy (non-hydrogen) atoms. The molecular weight excluding hydrogens is 335 g/mol. The highest BCUT2D eigenvalue weighted by atomic mass is 19.4. The van der Waals surface area contributed by atoms with Gasteiger partial charge in [0.25, 0.3) is 0 Å². The summed E-state index contributed by atoms with van der Waals surface area (Å²) in [6, 6.07) is 6.83. The molecule has 5 nitrogen and oxygen atoms in total. The smallest absolute Gasteiger partial charge is 0.416 e. The molecule has 4 rings (SSSR count). The molecular formula is C17H14F3N3O2. The second-order valence-electron chi connectivity index (χ2n) is 6.07. The monoisotopic (exact) mass is 349 g/mol. The summed E-state index contributed by atoms with van der Waals surface area (Å²) >= 11 is 0. The Balaban J connectivity index is 1.77. The van der Waals surface area contributed by atoms with E-state index < -0.39 is 11.7 Å². The first-order valence-electron chi connectivity index (χ1n) is 7.82. The normalized spacial score (nSPS) is 14.8. The van der Waals surface area contributed by atoms with Crippen LogP contribution in [0.3, 0.4) is 0 Å². The first-order chi connectivity index (χ1) is 11.9. The summed E-state index contributed by atoms with van der Waals surface area (Å²) < 4.78 is 45.8. The number of nitrogens with one attached hydrogen (secondary N) is 1. The number of imidazole rings is 1. The third kappa shape index (κ3) is 3.11. The van der Waals surface area contributed by atoms with Crippen LogP contribution in [0.1, 0.15) is 24.2 Å². The maximum atomic E-state index is 12.9. The van der Waals surface area contributed by atoms with E-state index in [9.17, 15) is 18.0 Å². The molecule has 0 radical (unpaired) electrons. The summed E-state index contributed by atoms with van der Waals surface area (Å²) in [6.07, 6.45) is -1.29. The maximum Gasteiger partial charge on any atom is 0.416 e. The summed E-state index contributed by atoms with van der Waals surface area (Å²) in [7, 11) is 0. The highest BCUT2D eigenvalue weighted by Gasteiger charge is 2.32. The summed E-state index contributed by atoms with van der Waals surface area (Å²) in [4.78, 5) is 16.3. The van der Waals surface area contributed by atoms with Gasteiger partial charge in [0.2, 0.25) is 11.9 Å². The number of hydrogen-bond donors (Lipinski definition) is 1. The van der Waals surface area contributed by atoms with Gasteiger partial charge in [0.15, 0.2) is 0 Å². The Bertz CT molecular complexity index is 925. The molecule has 0 atom stereocenters. The summed E-state index contributed by atoms with van der Waals surface area (Å²) in [5, 5.41) is 2.72. The molecule has 1 N–H and O–H groups in total. The van der Waals surface area contributed by atoms with E-state index in [1.165, 1.54) is 12.3 Å². The number of anilines is 1. The van der Waals surface area contributed by atoms with Crippen LogP contribution in [0, 0.1) is 5.92 Å². The number of alkyl halides is 3. The maximum absolute atomic E-state index is 12.9. The van der Waals surface area contributed by atoms with Gasteiger partial charge in [-0.3, -0.25) is 10.1 Å². The molecule has 1 aliphatic rings. The number of fused-ring (bicyclic) bond motifs is 1. The summed E-state index contributed by atoms with van der Waals surface area (Å²) in [5.74, 6) is 0.637. The van der Waals surface area contributed by atoms with Crippen LogP contribution in [-0.4, -0.2) is 15.5 Å². The quantitative estimate of drug-likeness (QED) is 0.773. The van der Waals surface area contributed by atoms with Crippen LogP contribution in [0.5, 0.6) is 0 Å². The number of amides is 1. The lowest BCUT2D eigenvalue weighted by Gasteiger charge is -2.09. The standard InChI is InChI=1S/C17H14F3N3O2/c18-17(19,20)11-5-6-14-13(8-11)21-16(22-15(24)10-3-4-10)23(14)9-12-2-1-7-25-12/h1-2,5-8,10H,3-4,9H2,(H,21,22,24). The van der Waals surface area contributed by atoms with Crippen LogP contribution in [0.15, 0.2) is 41.0 Å². The van der Waals surface area contributed by atoms with Gasteiger partial charge in [-0.2, -0.15) is 13.2 Å². The highest BCUT2D eigenvalue weighted by Crippen LogP contribution is 2.33. The number of halogens is 3. The number of aromatic nitrogens is 2. The molecule has 0 aliphatic heterocycles. The molecule has 0 saturated heterocycles. The molecule has 1 aromatic carbocycles. The molecule has 1 aliphatic carbocycles. The van der Waals surface area contributed by atoms with E-state index in [-0.39, 0.29) is 29.8 Å². The Kier molecular flexibility index (Phi) is 3.55. The van der Waals surface area contributed by atoms with E-state index in [0.717, 1.165) is 25.0 Å². The molecule has 130 valence electrons. The van der Waals surface area contributed by atoms with E-state index in [1.807, 2.05) is 0 Å². The minimum Gasteiger partial charge on any atom is -0.467 e. The minimum absolute atomic E-state index is 0.0392. The second kappa shape index (κ2) is 5.65. The fourth-order valence-electron chi connectivity index (χ4n) is 2.68. The van der Waals surface area contributed by atoms with Crippen molar-refractivity contribution in [2.24, 2.45) is 5.92 Å². The van der Waals surface area contributed by atoms with Crippen LogP contribution >= 0.6 is 0 Å². The Labute approximate surface area is 140 Å². The van der Waals surface area contributed by atoms with Crippen molar-refractivity contribution in [2.45, 2.75) is 25.6 Å². The lowest BCUT2D eigenvalue weighted by molar-refractivity contribution is -0.137. The molecule has 0 bridgehead atoms. The third-order valence-corrected chi connectivity index (χ3v) is 4.15. The second-order valence-corrected chi connectivity index (χ2v) is 6.07. The Morgan fingerprint density at radius 2 is 2.12 bits per heavy atom. The average Bonchev–Trinajstić information content (AvgIpc) is 3.19.